The Balaban J connectivity index is 1.81. The maximum Gasteiger partial charge on any atom is 0.139 e. The van der Waals surface area contributed by atoms with E-state index in [4.69, 9.17) is 9.37 Å². The molecule has 18 heavy (non-hydrogen) atoms. The van der Waals surface area contributed by atoms with Crippen LogP contribution in [0.25, 0.3) is 11.0 Å². The van der Waals surface area contributed by atoms with Crippen LogP contribution in [0.4, 0.5) is 0 Å². The second kappa shape index (κ2) is 4.64. The lowest BCUT2D eigenvalue weighted by Gasteiger charge is -2.25. The van der Waals surface area contributed by atoms with Gasteiger partial charge in [-0.15, -0.1) is 0 Å². The molecule has 2 aromatic rings. The molecule has 6 nitrogen and oxygen atoms in total. The first kappa shape index (κ1) is 11.6. The molecule has 1 fully saturated rings. The molecule has 0 amide bonds. The Morgan fingerprint density at radius 2 is 2.28 bits per heavy atom. The van der Waals surface area contributed by atoms with Gasteiger partial charge in [0.25, 0.3) is 0 Å². The zero-order chi connectivity index (χ0) is 12.5. The molecule has 96 valence electrons. The van der Waals surface area contributed by atoms with Gasteiger partial charge in [-0.25, -0.2) is 4.63 Å². The van der Waals surface area contributed by atoms with Crippen molar-refractivity contribution in [2.75, 3.05) is 20.3 Å². The first-order valence-electron chi connectivity index (χ1n) is 5.92. The van der Waals surface area contributed by atoms with Gasteiger partial charge in [0, 0.05) is 6.54 Å². The fourth-order valence-electron chi connectivity index (χ4n) is 2.33. The number of nitrogens with zero attached hydrogens (tertiary/aromatic N) is 3. The Morgan fingerprint density at radius 3 is 3.06 bits per heavy atom. The van der Waals surface area contributed by atoms with Crippen LogP contribution in [0.15, 0.2) is 22.8 Å². The van der Waals surface area contributed by atoms with Crippen molar-refractivity contribution in [1.82, 2.24) is 15.2 Å². The molecule has 0 aliphatic carbocycles. The van der Waals surface area contributed by atoms with Crippen molar-refractivity contribution in [3.05, 3.63) is 23.8 Å². The normalized spacial score (nSPS) is 24.2. The molecule has 2 heterocycles. The molecule has 1 saturated heterocycles. The summed E-state index contributed by atoms with van der Waals surface area (Å²) in [6, 6.07) is 5.81. The number of hydrogen-bond acceptors (Lipinski definition) is 6. The SMILES string of the molecule is CN(Cc1cccc2nonc12)C1COCC1O. The van der Waals surface area contributed by atoms with E-state index >= 15 is 0 Å². The summed E-state index contributed by atoms with van der Waals surface area (Å²) < 4.78 is 10.0. The molecular weight excluding hydrogens is 234 g/mol. The number of fused-ring (bicyclic) bond motifs is 1. The molecule has 6 heteroatoms. The van der Waals surface area contributed by atoms with Crippen LogP contribution in [0.3, 0.4) is 0 Å². The summed E-state index contributed by atoms with van der Waals surface area (Å²) in [6.07, 6.45) is -0.426. The van der Waals surface area contributed by atoms with Crippen molar-refractivity contribution in [1.29, 1.82) is 0 Å². The topological polar surface area (TPSA) is 71.6 Å². The van der Waals surface area contributed by atoms with Gasteiger partial charge in [0.05, 0.1) is 25.4 Å². The molecule has 1 aromatic heterocycles. The van der Waals surface area contributed by atoms with Gasteiger partial charge in [0.2, 0.25) is 0 Å². The van der Waals surface area contributed by atoms with Gasteiger partial charge in [0.15, 0.2) is 0 Å². The zero-order valence-corrected chi connectivity index (χ0v) is 10.1. The van der Waals surface area contributed by atoms with E-state index in [1.807, 2.05) is 25.2 Å². The molecule has 1 N–H and O–H groups in total. The zero-order valence-electron chi connectivity index (χ0n) is 10.1. The summed E-state index contributed by atoms with van der Waals surface area (Å²) >= 11 is 0. The van der Waals surface area contributed by atoms with E-state index in [1.165, 1.54) is 0 Å². The van der Waals surface area contributed by atoms with Gasteiger partial charge in [0.1, 0.15) is 11.0 Å². The first-order chi connectivity index (χ1) is 8.75. The van der Waals surface area contributed by atoms with Crippen LogP contribution < -0.4 is 0 Å². The Morgan fingerprint density at radius 1 is 1.39 bits per heavy atom. The summed E-state index contributed by atoms with van der Waals surface area (Å²) in [5.41, 5.74) is 2.57. The third-order valence-electron chi connectivity index (χ3n) is 3.38. The molecule has 0 radical (unpaired) electrons. The second-order valence-corrected chi connectivity index (χ2v) is 4.64. The van der Waals surface area contributed by atoms with Crippen molar-refractivity contribution in [2.24, 2.45) is 0 Å². The molecule has 0 saturated carbocycles. The molecule has 0 bridgehead atoms. The maximum absolute atomic E-state index is 9.80. The van der Waals surface area contributed by atoms with Crippen LogP contribution in [-0.4, -0.2) is 52.7 Å². The Labute approximate surface area is 104 Å². The molecule has 1 aliphatic heterocycles. The fourth-order valence-corrected chi connectivity index (χ4v) is 2.33. The molecular formula is C12H15N3O3. The molecule has 1 aromatic carbocycles. The highest BCUT2D eigenvalue weighted by Crippen LogP contribution is 2.19. The van der Waals surface area contributed by atoms with Crippen molar-refractivity contribution in [3.8, 4) is 0 Å². The van der Waals surface area contributed by atoms with Gasteiger partial charge < -0.3 is 9.84 Å². The van der Waals surface area contributed by atoms with Crippen LogP contribution in [0, 0.1) is 0 Å². The molecule has 1 aliphatic rings. The van der Waals surface area contributed by atoms with E-state index in [9.17, 15) is 5.11 Å². The predicted molar refractivity (Wildman–Crippen MR) is 63.9 cm³/mol. The van der Waals surface area contributed by atoms with Gasteiger partial charge in [-0.2, -0.15) is 0 Å². The maximum atomic E-state index is 9.80. The number of benzene rings is 1. The minimum absolute atomic E-state index is 0.0279. The van der Waals surface area contributed by atoms with Gasteiger partial charge in [-0.05, 0) is 29.0 Å². The fraction of sp³-hybridized carbons (Fsp3) is 0.500. The number of ether oxygens (including phenoxy) is 1. The van der Waals surface area contributed by atoms with Crippen LogP contribution in [-0.2, 0) is 11.3 Å². The largest absolute Gasteiger partial charge is 0.389 e. The minimum Gasteiger partial charge on any atom is -0.389 e. The summed E-state index contributed by atoms with van der Waals surface area (Å²) in [7, 11) is 1.97. The van der Waals surface area contributed by atoms with E-state index in [2.05, 4.69) is 15.2 Å². The Bertz CT molecular complexity index is 542. The van der Waals surface area contributed by atoms with Crippen molar-refractivity contribution in [2.45, 2.75) is 18.7 Å². The van der Waals surface area contributed by atoms with Crippen LogP contribution >= 0.6 is 0 Å². The smallest absolute Gasteiger partial charge is 0.139 e. The number of hydrogen-bond donors (Lipinski definition) is 1. The van der Waals surface area contributed by atoms with E-state index in [0.29, 0.717) is 19.8 Å². The summed E-state index contributed by atoms with van der Waals surface area (Å²) in [6.45, 7) is 1.64. The van der Waals surface area contributed by atoms with E-state index < -0.39 is 6.10 Å². The number of aliphatic hydroxyl groups excluding tert-OH is 1. The number of aromatic nitrogens is 2. The quantitative estimate of drug-likeness (QED) is 0.849. The number of likely N-dealkylation sites (N-methyl/N-ethyl adjacent to an activating group) is 1. The van der Waals surface area contributed by atoms with Crippen molar-refractivity contribution < 1.29 is 14.5 Å². The predicted octanol–water partition coefficient (Wildman–Crippen LogP) is 0.414. The molecule has 2 atom stereocenters. The number of rotatable bonds is 3. The average molecular weight is 249 g/mol. The first-order valence-corrected chi connectivity index (χ1v) is 5.92. The van der Waals surface area contributed by atoms with Gasteiger partial charge in [-0.1, -0.05) is 12.1 Å². The third-order valence-corrected chi connectivity index (χ3v) is 3.38. The van der Waals surface area contributed by atoms with Crippen LogP contribution in [0.1, 0.15) is 5.56 Å². The lowest BCUT2D eigenvalue weighted by Crippen LogP contribution is -2.39. The minimum atomic E-state index is -0.426. The average Bonchev–Trinajstić information content (AvgIpc) is 2.97. The lowest BCUT2D eigenvalue weighted by atomic mass is 10.1. The summed E-state index contributed by atoms with van der Waals surface area (Å²) in [4.78, 5) is 2.07. The van der Waals surface area contributed by atoms with Crippen molar-refractivity contribution >= 4 is 11.0 Å². The van der Waals surface area contributed by atoms with Crippen LogP contribution in [0.2, 0.25) is 0 Å². The standard InChI is InChI=1S/C12H15N3O3/c1-15(10-6-17-7-11(10)16)5-8-3-2-4-9-12(8)14-18-13-9/h2-4,10-11,16H,5-7H2,1H3. The monoisotopic (exact) mass is 249 g/mol. The summed E-state index contributed by atoms with van der Waals surface area (Å²) in [5, 5.41) is 17.5. The van der Waals surface area contributed by atoms with E-state index in [0.717, 1.165) is 16.6 Å². The highest BCUT2D eigenvalue weighted by Gasteiger charge is 2.29. The Kier molecular flexibility index (Phi) is 2.99. The highest BCUT2D eigenvalue weighted by atomic mass is 16.6. The molecule has 3 rings (SSSR count). The Hall–Kier alpha value is -1.50. The van der Waals surface area contributed by atoms with Crippen LogP contribution in [0.5, 0.6) is 0 Å². The third kappa shape index (κ3) is 1.98. The van der Waals surface area contributed by atoms with Gasteiger partial charge in [-0.3, -0.25) is 4.90 Å². The van der Waals surface area contributed by atoms with Gasteiger partial charge >= 0.3 is 0 Å². The van der Waals surface area contributed by atoms with E-state index in [-0.39, 0.29) is 6.04 Å². The molecule has 2 unspecified atom stereocenters. The van der Waals surface area contributed by atoms with Crippen molar-refractivity contribution in [3.63, 3.8) is 0 Å². The second-order valence-electron chi connectivity index (χ2n) is 4.64. The molecule has 0 spiro atoms. The number of aliphatic hydroxyl groups is 1. The summed E-state index contributed by atoms with van der Waals surface area (Å²) in [5.74, 6) is 0. The van der Waals surface area contributed by atoms with E-state index in [1.54, 1.807) is 0 Å². The lowest BCUT2D eigenvalue weighted by molar-refractivity contribution is 0.0926. The highest BCUT2D eigenvalue weighted by molar-refractivity contribution is 5.76.